The summed E-state index contributed by atoms with van der Waals surface area (Å²) in [6, 6.07) is 11.0. The first-order chi connectivity index (χ1) is 13.5. The average molecular weight is 380 g/mol. The zero-order valence-corrected chi connectivity index (χ0v) is 15.5. The first-order valence-corrected chi connectivity index (χ1v) is 8.79. The lowest BCUT2D eigenvalue weighted by molar-refractivity contribution is -0.114. The van der Waals surface area contributed by atoms with Crippen molar-refractivity contribution in [3.63, 3.8) is 0 Å². The van der Waals surface area contributed by atoms with Crippen LogP contribution in [0.2, 0.25) is 0 Å². The summed E-state index contributed by atoms with van der Waals surface area (Å²) in [5.41, 5.74) is 2.05. The Kier molecular flexibility index (Phi) is 5.44. The molecule has 1 aliphatic rings. The number of carboxylic acids is 1. The number of nitrogens with zero attached hydrogens (tertiary/aromatic N) is 2. The minimum absolute atomic E-state index is 0.0505. The quantitative estimate of drug-likeness (QED) is 0.745. The van der Waals surface area contributed by atoms with E-state index in [1.54, 1.807) is 36.4 Å². The Hall–Kier alpha value is -3.61. The van der Waals surface area contributed by atoms with Crippen molar-refractivity contribution in [3.8, 4) is 11.5 Å². The molecule has 0 saturated carbocycles. The van der Waals surface area contributed by atoms with E-state index in [-0.39, 0.29) is 17.2 Å². The summed E-state index contributed by atoms with van der Waals surface area (Å²) >= 11 is 0. The molecule has 28 heavy (non-hydrogen) atoms. The van der Waals surface area contributed by atoms with Gasteiger partial charge in [-0.05, 0) is 42.8 Å². The van der Waals surface area contributed by atoms with E-state index in [4.69, 9.17) is 9.84 Å². The molecular weight excluding hydrogens is 360 g/mol. The van der Waals surface area contributed by atoms with Gasteiger partial charge in [-0.2, -0.15) is 10.1 Å². The van der Waals surface area contributed by atoms with Crippen LogP contribution < -0.4 is 9.75 Å². The first-order valence-electron chi connectivity index (χ1n) is 8.79. The second-order valence-electron chi connectivity index (χ2n) is 6.22. The lowest BCUT2D eigenvalue weighted by Gasteiger charge is -2.12. The van der Waals surface area contributed by atoms with Gasteiger partial charge in [0.05, 0.1) is 29.6 Å². The average Bonchev–Trinajstić information content (AvgIpc) is 2.99. The Balaban J connectivity index is 2.00. The molecule has 0 bridgehead atoms. The number of amides is 1. The topological polar surface area (TPSA) is 99.4 Å². The van der Waals surface area contributed by atoms with Crippen molar-refractivity contribution >= 4 is 29.4 Å². The molecule has 1 amide bonds. The van der Waals surface area contributed by atoms with Crippen LogP contribution in [0.4, 0.5) is 5.69 Å². The van der Waals surface area contributed by atoms with Crippen LogP contribution in [-0.2, 0) is 4.79 Å². The van der Waals surface area contributed by atoms with Crippen LogP contribution in [0.5, 0.6) is 11.5 Å². The molecule has 7 heteroatoms. The largest absolute Gasteiger partial charge is 0.504 e. The van der Waals surface area contributed by atoms with Gasteiger partial charge in [-0.3, -0.25) is 4.79 Å². The third kappa shape index (κ3) is 3.59. The molecule has 0 aromatic heterocycles. The summed E-state index contributed by atoms with van der Waals surface area (Å²) in [5.74, 6) is -1.11. The van der Waals surface area contributed by atoms with Crippen LogP contribution in [0.15, 0.2) is 53.1 Å². The van der Waals surface area contributed by atoms with E-state index in [2.05, 4.69) is 5.10 Å². The van der Waals surface area contributed by atoms with Gasteiger partial charge in [0.15, 0.2) is 11.5 Å². The van der Waals surface area contributed by atoms with E-state index < -0.39 is 5.97 Å². The number of aromatic carboxylic acids is 1. The zero-order valence-electron chi connectivity index (χ0n) is 15.5. The van der Waals surface area contributed by atoms with E-state index in [1.807, 2.05) is 6.92 Å². The molecule has 2 aromatic rings. The number of aromatic hydroxyl groups is 1. The Morgan fingerprint density at radius 1 is 1.21 bits per heavy atom. The molecule has 0 atom stereocenters. The van der Waals surface area contributed by atoms with Crippen molar-refractivity contribution in [2.45, 2.75) is 19.8 Å². The maximum Gasteiger partial charge on any atom is 0.335 e. The number of hydrazone groups is 1. The van der Waals surface area contributed by atoms with Gasteiger partial charge in [-0.15, -0.1) is 0 Å². The van der Waals surface area contributed by atoms with E-state index in [0.29, 0.717) is 34.7 Å². The van der Waals surface area contributed by atoms with Crippen molar-refractivity contribution < 1.29 is 24.5 Å². The maximum atomic E-state index is 13.0. The highest BCUT2D eigenvalue weighted by molar-refractivity contribution is 6.32. The smallest absolute Gasteiger partial charge is 0.335 e. The second-order valence-corrected chi connectivity index (χ2v) is 6.22. The minimum Gasteiger partial charge on any atom is -0.504 e. The van der Waals surface area contributed by atoms with Crippen molar-refractivity contribution in [1.82, 2.24) is 0 Å². The normalized spacial score (nSPS) is 15.1. The minimum atomic E-state index is -1.04. The Morgan fingerprint density at radius 3 is 2.54 bits per heavy atom. The summed E-state index contributed by atoms with van der Waals surface area (Å²) < 4.78 is 5.12. The highest BCUT2D eigenvalue weighted by atomic mass is 16.5. The number of anilines is 1. The van der Waals surface area contributed by atoms with Gasteiger partial charge in [-0.1, -0.05) is 25.5 Å². The molecule has 1 heterocycles. The molecule has 0 fully saturated rings. The number of ether oxygens (including phenoxy) is 1. The van der Waals surface area contributed by atoms with Gasteiger partial charge in [0.25, 0.3) is 5.91 Å². The molecule has 0 radical (unpaired) electrons. The maximum absolute atomic E-state index is 13.0. The molecule has 3 rings (SSSR count). The van der Waals surface area contributed by atoms with Crippen LogP contribution in [0.3, 0.4) is 0 Å². The van der Waals surface area contributed by atoms with Crippen molar-refractivity contribution in [1.29, 1.82) is 0 Å². The van der Waals surface area contributed by atoms with E-state index in [9.17, 15) is 14.7 Å². The summed E-state index contributed by atoms with van der Waals surface area (Å²) in [4.78, 5) is 24.0. The number of carbonyl (C=O) groups excluding carboxylic acids is 1. The number of para-hydroxylation sites is 1. The SMILES string of the molecule is CCCC1=NN(c2ccc(C(=O)O)cc2)C(=O)/C1=C/c1cccc(OC)c1O. The van der Waals surface area contributed by atoms with Crippen LogP contribution in [0.25, 0.3) is 6.08 Å². The van der Waals surface area contributed by atoms with Crippen molar-refractivity contribution in [3.05, 3.63) is 59.2 Å². The highest BCUT2D eigenvalue weighted by Crippen LogP contribution is 2.33. The van der Waals surface area contributed by atoms with E-state index in [0.717, 1.165) is 6.42 Å². The fourth-order valence-corrected chi connectivity index (χ4v) is 2.92. The summed E-state index contributed by atoms with van der Waals surface area (Å²) in [6.07, 6.45) is 2.98. The predicted molar refractivity (Wildman–Crippen MR) is 106 cm³/mol. The van der Waals surface area contributed by atoms with Gasteiger partial charge >= 0.3 is 5.97 Å². The number of carbonyl (C=O) groups is 2. The second kappa shape index (κ2) is 7.96. The predicted octanol–water partition coefficient (Wildman–Crippen LogP) is 3.69. The van der Waals surface area contributed by atoms with Crippen molar-refractivity contribution in [2.24, 2.45) is 5.10 Å². The Bertz CT molecular complexity index is 977. The Labute approximate surface area is 162 Å². The molecule has 144 valence electrons. The molecule has 7 nitrogen and oxygen atoms in total. The Morgan fingerprint density at radius 2 is 1.93 bits per heavy atom. The fourth-order valence-electron chi connectivity index (χ4n) is 2.92. The van der Waals surface area contributed by atoms with E-state index >= 15 is 0 Å². The van der Waals surface area contributed by atoms with Crippen LogP contribution in [0.1, 0.15) is 35.7 Å². The zero-order chi connectivity index (χ0) is 20.3. The summed E-state index contributed by atoms with van der Waals surface area (Å²) in [7, 11) is 1.46. The van der Waals surface area contributed by atoms with Crippen molar-refractivity contribution in [2.75, 3.05) is 12.1 Å². The first kappa shape index (κ1) is 19.2. The van der Waals surface area contributed by atoms with Crippen LogP contribution >= 0.6 is 0 Å². The molecule has 0 spiro atoms. The number of methoxy groups -OCH3 is 1. The lowest BCUT2D eigenvalue weighted by atomic mass is 10.0. The summed E-state index contributed by atoms with van der Waals surface area (Å²) in [5, 5.41) is 25.0. The molecule has 1 aliphatic heterocycles. The lowest BCUT2D eigenvalue weighted by Crippen LogP contribution is -2.21. The third-order valence-electron chi connectivity index (χ3n) is 4.35. The number of rotatable bonds is 6. The summed E-state index contributed by atoms with van der Waals surface area (Å²) in [6.45, 7) is 1.98. The van der Waals surface area contributed by atoms with Gasteiger partial charge < -0.3 is 14.9 Å². The number of hydrogen-bond acceptors (Lipinski definition) is 5. The fraction of sp³-hybridized carbons (Fsp3) is 0.190. The van der Waals surface area contributed by atoms with E-state index in [1.165, 1.54) is 24.3 Å². The number of hydrogen-bond donors (Lipinski definition) is 2. The molecule has 2 aromatic carbocycles. The number of phenolic OH excluding ortho intramolecular Hbond substituents is 1. The molecule has 0 aliphatic carbocycles. The monoisotopic (exact) mass is 380 g/mol. The number of benzene rings is 2. The van der Waals surface area contributed by atoms with Gasteiger partial charge in [0.2, 0.25) is 0 Å². The van der Waals surface area contributed by atoms with Gasteiger partial charge in [0, 0.05) is 5.56 Å². The molecule has 0 unspecified atom stereocenters. The molecule has 2 N–H and O–H groups in total. The number of phenols is 1. The van der Waals surface area contributed by atoms with Gasteiger partial charge in [0.1, 0.15) is 0 Å². The van der Waals surface area contributed by atoms with Crippen LogP contribution in [-0.4, -0.2) is 34.9 Å². The van der Waals surface area contributed by atoms with Crippen LogP contribution in [0, 0.1) is 0 Å². The van der Waals surface area contributed by atoms with Gasteiger partial charge in [-0.25, -0.2) is 4.79 Å². The highest BCUT2D eigenvalue weighted by Gasteiger charge is 2.31. The third-order valence-corrected chi connectivity index (χ3v) is 4.35. The number of carboxylic acid groups (broad SMARTS) is 1. The molecular formula is C21H20N2O5. The molecule has 0 saturated heterocycles. The standard InChI is InChI=1S/C21H20N2O5/c1-3-5-17-16(12-14-6-4-7-18(28-2)19(14)24)20(25)23(22-17)15-10-8-13(9-11-15)21(26)27/h4,6-12,24H,3,5H2,1-2H3,(H,26,27)/b16-12+.